The van der Waals surface area contributed by atoms with Gasteiger partial charge in [-0.2, -0.15) is 0 Å². The molecule has 0 aromatic heterocycles. The molecule has 0 bridgehead atoms. The van der Waals surface area contributed by atoms with Crippen LogP contribution in [0.4, 0.5) is 0 Å². The molecule has 0 atom stereocenters. The van der Waals surface area contributed by atoms with Crippen molar-refractivity contribution in [1.82, 2.24) is 4.72 Å². The largest absolute Gasteiger partial charge is 0.496 e. The molecule has 6 heteroatoms. The van der Waals surface area contributed by atoms with E-state index in [9.17, 15) is 8.42 Å². The molecule has 2 aromatic rings. The maximum Gasteiger partial charge on any atom is 0.241 e. The molecule has 0 aliphatic heterocycles. The quantitative estimate of drug-likeness (QED) is 0.817. The predicted octanol–water partition coefficient (Wildman–Crippen LogP) is 3.58. The summed E-state index contributed by atoms with van der Waals surface area (Å²) in [6.45, 7) is 7.72. The molecule has 0 fully saturated rings. The molecule has 0 spiro atoms. The molecule has 0 saturated carbocycles. The molecule has 2 rings (SSSR count). The Morgan fingerprint density at radius 3 is 2.44 bits per heavy atom. The van der Waals surface area contributed by atoms with Gasteiger partial charge >= 0.3 is 0 Å². The Morgan fingerprint density at radius 2 is 1.80 bits per heavy atom. The summed E-state index contributed by atoms with van der Waals surface area (Å²) in [5.74, 6) is 1.40. The minimum atomic E-state index is -3.62. The summed E-state index contributed by atoms with van der Waals surface area (Å²) < 4.78 is 38.8. The van der Waals surface area contributed by atoms with Crippen LogP contribution in [0, 0.1) is 13.8 Å². The van der Waals surface area contributed by atoms with E-state index >= 15 is 0 Å². The lowest BCUT2D eigenvalue weighted by Crippen LogP contribution is -2.24. The van der Waals surface area contributed by atoms with Crippen LogP contribution >= 0.6 is 0 Å². The van der Waals surface area contributed by atoms with E-state index in [0.717, 1.165) is 16.9 Å². The van der Waals surface area contributed by atoms with Crippen molar-refractivity contribution < 1.29 is 17.9 Å². The first-order valence-electron chi connectivity index (χ1n) is 8.14. The van der Waals surface area contributed by atoms with E-state index in [-0.39, 0.29) is 17.5 Å². The second kappa shape index (κ2) is 7.89. The molecule has 0 heterocycles. The minimum absolute atomic E-state index is 0.0665. The first-order chi connectivity index (χ1) is 11.7. The number of benzene rings is 2. The number of rotatable bonds is 7. The van der Waals surface area contributed by atoms with E-state index in [2.05, 4.69) is 4.72 Å². The van der Waals surface area contributed by atoms with Gasteiger partial charge in [0.2, 0.25) is 10.0 Å². The Hall–Kier alpha value is -2.05. The van der Waals surface area contributed by atoms with E-state index in [0.29, 0.717) is 11.3 Å². The molecule has 1 N–H and O–H groups in total. The van der Waals surface area contributed by atoms with E-state index in [1.54, 1.807) is 26.2 Å². The third-order valence-electron chi connectivity index (χ3n) is 3.93. The van der Waals surface area contributed by atoms with Crippen molar-refractivity contribution in [3.63, 3.8) is 0 Å². The summed E-state index contributed by atoms with van der Waals surface area (Å²) in [7, 11) is -2.05. The third-order valence-corrected chi connectivity index (χ3v) is 5.48. The zero-order valence-electron chi connectivity index (χ0n) is 15.3. The van der Waals surface area contributed by atoms with Gasteiger partial charge in [-0.1, -0.05) is 12.1 Å². The topological polar surface area (TPSA) is 64.6 Å². The van der Waals surface area contributed by atoms with Crippen molar-refractivity contribution >= 4 is 10.0 Å². The van der Waals surface area contributed by atoms with Gasteiger partial charge in [0.25, 0.3) is 0 Å². The van der Waals surface area contributed by atoms with Crippen molar-refractivity contribution in [3.8, 4) is 11.5 Å². The van der Waals surface area contributed by atoms with Crippen molar-refractivity contribution in [3.05, 3.63) is 53.1 Å². The molecule has 2 aromatic carbocycles. The van der Waals surface area contributed by atoms with E-state index in [4.69, 9.17) is 9.47 Å². The van der Waals surface area contributed by atoms with Gasteiger partial charge in [-0.05, 0) is 68.7 Å². The number of methoxy groups -OCH3 is 1. The Labute approximate surface area is 150 Å². The van der Waals surface area contributed by atoms with Gasteiger partial charge < -0.3 is 9.47 Å². The summed E-state index contributed by atoms with van der Waals surface area (Å²) >= 11 is 0. The number of hydrogen-bond acceptors (Lipinski definition) is 4. The highest BCUT2D eigenvalue weighted by Gasteiger charge is 2.19. The summed E-state index contributed by atoms with van der Waals surface area (Å²) in [5.41, 5.74) is 2.34. The second-order valence-corrected chi connectivity index (χ2v) is 7.89. The summed E-state index contributed by atoms with van der Waals surface area (Å²) in [4.78, 5) is 0.264. The maximum atomic E-state index is 12.7. The van der Waals surface area contributed by atoms with E-state index in [1.165, 1.54) is 0 Å². The van der Waals surface area contributed by atoms with Crippen LogP contribution in [-0.2, 0) is 16.6 Å². The molecule has 5 nitrogen and oxygen atoms in total. The monoisotopic (exact) mass is 363 g/mol. The molecule has 0 unspecified atom stereocenters. The maximum absolute atomic E-state index is 12.7. The number of nitrogens with one attached hydrogen (secondary N) is 1. The highest BCUT2D eigenvalue weighted by Crippen LogP contribution is 2.27. The Morgan fingerprint density at radius 1 is 1.08 bits per heavy atom. The Balaban J connectivity index is 2.19. The average Bonchev–Trinajstić information content (AvgIpc) is 2.55. The molecule has 25 heavy (non-hydrogen) atoms. The van der Waals surface area contributed by atoms with E-state index in [1.807, 2.05) is 45.0 Å². The normalized spacial score (nSPS) is 11.6. The lowest BCUT2D eigenvalue weighted by atomic mass is 10.1. The van der Waals surface area contributed by atoms with Gasteiger partial charge in [0.15, 0.2) is 0 Å². The van der Waals surface area contributed by atoms with Crippen LogP contribution in [0.2, 0.25) is 0 Å². The molecule has 0 amide bonds. The lowest BCUT2D eigenvalue weighted by molar-refractivity contribution is 0.242. The van der Waals surface area contributed by atoms with Crippen LogP contribution in [0.25, 0.3) is 0 Å². The number of sulfonamides is 1. The lowest BCUT2D eigenvalue weighted by Gasteiger charge is -2.14. The summed E-state index contributed by atoms with van der Waals surface area (Å²) in [6.07, 6.45) is 0.0665. The SMILES string of the molecule is COc1ccc(S(=O)(=O)NCc2cccc(OC(C)C)c2)c(C)c1C. The Kier molecular flexibility index (Phi) is 6.08. The first-order valence-corrected chi connectivity index (χ1v) is 9.62. The Bertz CT molecular complexity index is 844. The highest BCUT2D eigenvalue weighted by molar-refractivity contribution is 7.89. The number of ether oxygens (including phenoxy) is 2. The van der Waals surface area contributed by atoms with Crippen LogP contribution in [-0.4, -0.2) is 21.6 Å². The second-order valence-electron chi connectivity index (χ2n) is 6.15. The fourth-order valence-electron chi connectivity index (χ4n) is 2.54. The minimum Gasteiger partial charge on any atom is -0.496 e. The molecule has 0 aliphatic rings. The standard InChI is InChI=1S/C19H25NO4S/c1-13(2)24-17-8-6-7-16(11-17)12-20-25(21,22)19-10-9-18(23-5)14(3)15(19)4/h6-11,13,20H,12H2,1-5H3. The number of hydrogen-bond donors (Lipinski definition) is 1. The smallest absolute Gasteiger partial charge is 0.241 e. The molecule has 0 radical (unpaired) electrons. The van der Waals surface area contributed by atoms with E-state index < -0.39 is 10.0 Å². The first kappa shape index (κ1) is 19.3. The fourth-order valence-corrected chi connectivity index (χ4v) is 3.86. The van der Waals surface area contributed by atoms with Gasteiger partial charge in [0.1, 0.15) is 11.5 Å². The van der Waals surface area contributed by atoms with Crippen molar-refractivity contribution in [2.75, 3.05) is 7.11 Å². The zero-order valence-corrected chi connectivity index (χ0v) is 16.1. The van der Waals surface area contributed by atoms with Crippen LogP contribution in [0.15, 0.2) is 41.3 Å². The van der Waals surface area contributed by atoms with Crippen molar-refractivity contribution in [1.29, 1.82) is 0 Å². The average molecular weight is 363 g/mol. The molecule has 0 aliphatic carbocycles. The van der Waals surface area contributed by atoms with Crippen LogP contribution in [0.5, 0.6) is 11.5 Å². The zero-order chi connectivity index (χ0) is 18.6. The molecule has 0 saturated heterocycles. The van der Waals surface area contributed by atoms with Gasteiger partial charge in [0, 0.05) is 6.54 Å². The van der Waals surface area contributed by atoms with Gasteiger partial charge in [0.05, 0.1) is 18.1 Å². The summed E-state index contributed by atoms with van der Waals surface area (Å²) in [6, 6.07) is 10.7. The van der Waals surface area contributed by atoms with Crippen LogP contribution < -0.4 is 14.2 Å². The van der Waals surface area contributed by atoms with Gasteiger partial charge in [-0.3, -0.25) is 0 Å². The fraction of sp³-hybridized carbons (Fsp3) is 0.368. The van der Waals surface area contributed by atoms with Crippen molar-refractivity contribution in [2.45, 2.75) is 45.2 Å². The van der Waals surface area contributed by atoms with Crippen molar-refractivity contribution in [2.24, 2.45) is 0 Å². The molecule has 136 valence electrons. The van der Waals surface area contributed by atoms with Gasteiger partial charge in [-0.15, -0.1) is 0 Å². The predicted molar refractivity (Wildman–Crippen MR) is 98.7 cm³/mol. The molecular weight excluding hydrogens is 338 g/mol. The van der Waals surface area contributed by atoms with Crippen LogP contribution in [0.1, 0.15) is 30.5 Å². The summed E-state index contributed by atoms with van der Waals surface area (Å²) in [5, 5.41) is 0. The highest BCUT2D eigenvalue weighted by atomic mass is 32.2. The molecular formula is C19H25NO4S. The van der Waals surface area contributed by atoms with Gasteiger partial charge in [-0.25, -0.2) is 13.1 Å². The third kappa shape index (κ3) is 4.74. The van der Waals surface area contributed by atoms with Crippen LogP contribution in [0.3, 0.4) is 0 Å².